The summed E-state index contributed by atoms with van der Waals surface area (Å²) in [6, 6.07) is -33.7. The second-order valence-corrected chi connectivity index (χ2v) is 11.1. The third kappa shape index (κ3) is 6.16. The lowest BCUT2D eigenvalue weighted by Crippen LogP contribution is -2.00. The predicted octanol–water partition coefficient (Wildman–Crippen LogP) is 13.0. The molecular formula is C51H34N4. The third-order valence-corrected chi connectivity index (χ3v) is 7.80. The molecule has 4 nitrogen and oxygen atoms in total. The number of hydrogen-bond acceptors (Lipinski definition) is 3. The van der Waals surface area contributed by atoms with Crippen LogP contribution in [-0.2, 0) is 0 Å². The number of nitrogens with zero attached hydrogens (tertiary/aromatic N) is 4. The maximum absolute atomic E-state index is 9.56. The Morgan fingerprint density at radius 2 is 0.636 bits per heavy atom. The van der Waals surface area contributed by atoms with Crippen LogP contribution in [0.1, 0.15) is 46.6 Å². The minimum atomic E-state index is -1.16. The first kappa shape index (κ1) is 12.6. The van der Waals surface area contributed by atoms with E-state index in [1.165, 1.54) is 0 Å². The molecular weight excluding hydrogens is 669 g/mol. The lowest BCUT2D eigenvalue weighted by molar-refractivity contribution is 1.07. The normalized spacial score (nSPS) is 19.9. The number of benzene rings is 8. The molecule has 4 heteroatoms. The molecule has 0 spiro atoms. The van der Waals surface area contributed by atoms with E-state index in [4.69, 9.17) is 31.5 Å². The van der Waals surface area contributed by atoms with Crippen LogP contribution in [0, 0.1) is 0 Å². The van der Waals surface area contributed by atoms with Gasteiger partial charge in [0.05, 0.1) is 57.6 Å². The molecule has 55 heavy (non-hydrogen) atoms. The first-order valence-electron chi connectivity index (χ1n) is 32.8. The van der Waals surface area contributed by atoms with Gasteiger partial charge in [-0.25, -0.2) is 15.0 Å². The molecule has 0 bridgehead atoms. The molecule has 0 aliphatic carbocycles. The molecule has 0 N–H and O–H groups in total. The third-order valence-electron chi connectivity index (χ3n) is 7.80. The Morgan fingerprint density at radius 1 is 0.291 bits per heavy atom. The van der Waals surface area contributed by atoms with Gasteiger partial charge in [-0.1, -0.05) is 163 Å². The van der Waals surface area contributed by atoms with Gasteiger partial charge in [0.2, 0.25) is 0 Å². The van der Waals surface area contributed by atoms with E-state index in [0.717, 1.165) is 0 Å². The van der Waals surface area contributed by atoms with Crippen molar-refractivity contribution in [2.24, 2.45) is 0 Å². The van der Waals surface area contributed by atoms with Crippen molar-refractivity contribution in [3.05, 3.63) is 205 Å². The summed E-state index contributed by atoms with van der Waals surface area (Å²) in [4.78, 5) is 12.7. The van der Waals surface area contributed by atoms with Crippen LogP contribution >= 0.6 is 0 Å². The Morgan fingerprint density at radius 3 is 1.16 bits per heavy atom. The van der Waals surface area contributed by atoms with Gasteiger partial charge >= 0.3 is 0 Å². The van der Waals surface area contributed by atoms with Crippen LogP contribution in [0.15, 0.2) is 205 Å². The van der Waals surface area contributed by atoms with Crippen molar-refractivity contribution < 1.29 is 46.6 Å². The lowest BCUT2D eigenvalue weighted by atomic mass is 9.99. The summed E-state index contributed by atoms with van der Waals surface area (Å²) in [5, 5.41) is -1.24. The van der Waals surface area contributed by atoms with Crippen LogP contribution < -0.4 is 0 Å². The highest BCUT2D eigenvalue weighted by Crippen LogP contribution is 2.36. The van der Waals surface area contributed by atoms with Crippen LogP contribution in [0.2, 0.25) is 0 Å². The summed E-state index contributed by atoms with van der Waals surface area (Å²) in [6.45, 7) is 0. The second-order valence-electron chi connectivity index (χ2n) is 11.1. The Hall–Kier alpha value is -7.43. The Labute approximate surface area is 367 Å². The molecule has 0 aliphatic rings. The van der Waals surface area contributed by atoms with Gasteiger partial charge in [0.1, 0.15) is 0 Å². The van der Waals surface area contributed by atoms with E-state index in [1.807, 2.05) is 0 Å². The van der Waals surface area contributed by atoms with Crippen molar-refractivity contribution in [2.75, 3.05) is 0 Å². The fourth-order valence-electron chi connectivity index (χ4n) is 5.33. The van der Waals surface area contributed by atoms with Gasteiger partial charge in [0.15, 0.2) is 17.5 Å². The van der Waals surface area contributed by atoms with Crippen molar-refractivity contribution in [1.82, 2.24) is 19.5 Å². The van der Waals surface area contributed by atoms with Gasteiger partial charge in [0, 0.05) is 33.2 Å². The summed E-state index contributed by atoms with van der Waals surface area (Å²) < 4.78 is 301. The molecule has 0 unspecified atom stereocenters. The van der Waals surface area contributed by atoms with Crippen molar-refractivity contribution in [2.45, 2.75) is 0 Å². The zero-order valence-electron chi connectivity index (χ0n) is 61.3. The summed E-state index contributed by atoms with van der Waals surface area (Å²) in [7, 11) is 0. The van der Waals surface area contributed by atoms with E-state index in [-0.39, 0.29) is 0 Å². The highest BCUT2D eigenvalue weighted by molar-refractivity contribution is 6.10. The minimum absolute atomic E-state index is 0.612. The number of aromatic nitrogens is 4. The minimum Gasteiger partial charge on any atom is -0.309 e. The molecule has 0 atom stereocenters. The van der Waals surface area contributed by atoms with E-state index in [2.05, 4.69) is 15.0 Å². The predicted molar refractivity (Wildman–Crippen MR) is 227 cm³/mol. The summed E-state index contributed by atoms with van der Waals surface area (Å²) >= 11 is 0. The molecule has 0 amide bonds. The van der Waals surface area contributed by atoms with Crippen molar-refractivity contribution in [3.8, 4) is 73.2 Å². The molecule has 0 saturated carbocycles. The van der Waals surface area contributed by atoms with Gasteiger partial charge in [-0.05, 0) is 75.7 Å². The molecule has 2 aromatic heterocycles. The largest absolute Gasteiger partial charge is 0.309 e. The SMILES string of the molecule is [2H]c1c([2H])c([2H])c(-c2nc(-c3c([2H])c([2H])c(-c4c([2H])c([2H])c(-c5c([2H])c([2H])c([2H])c([2H])c5[2H])c([2H])c4[2H])c([2H])c3[2H])nc(-c3c([2H])c([2H])c(-n4c5c([2H])c([2H])c([2H])c([2H])c5c5c([2H])c(-c6c([2H])c([2H])c([2H])c([2H])c6[2H])c([2H])c([2H])c54)c([2H])c3[2H])n2)c([2H])c1[2H]. The average Bonchev–Trinajstić information content (AvgIpc) is 1.62. The maximum atomic E-state index is 9.56. The summed E-state index contributed by atoms with van der Waals surface area (Å²) in [6.07, 6.45) is 0. The number of fused-ring (bicyclic) bond motifs is 3. The molecule has 8 aromatic carbocycles. The average molecular weight is 737 g/mol. The molecule has 10 aromatic rings. The topological polar surface area (TPSA) is 43.6 Å². The smallest absolute Gasteiger partial charge is 0.164 e. The number of hydrogen-bond donors (Lipinski definition) is 0. The zero-order valence-corrected chi connectivity index (χ0v) is 27.3. The summed E-state index contributed by atoms with van der Waals surface area (Å²) in [5.41, 5.74) is -9.82. The van der Waals surface area contributed by atoms with E-state index in [9.17, 15) is 15.1 Å². The van der Waals surface area contributed by atoms with E-state index in [1.54, 1.807) is 0 Å². The van der Waals surface area contributed by atoms with E-state index in [0.29, 0.717) is 4.57 Å². The van der Waals surface area contributed by atoms with Gasteiger partial charge in [0.25, 0.3) is 0 Å². The first-order chi connectivity index (χ1) is 41.4. The standard InChI is InChI=1S/C51H34N4/c1-4-12-35(13-5-1)37-20-22-38(23-21-37)39-24-26-41(27-25-39)50-52-49(40-16-8-3-9-17-40)53-51(54-50)42-28-31-44(32-29-42)55-47-19-11-10-18-45(47)46-34-43(30-33-48(46)55)36-14-6-2-7-15-36/h1-34H/i1D,2D,3D,4D,5D,6D,7D,8D,9D,10D,11D,12D,13D,14D,15D,16D,17D,18D,19D,20D,21D,22D,23D,24D,25D,26D,27D,28D,29D,30D,31D,32D,33D,34D. The lowest BCUT2D eigenvalue weighted by Gasteiger charge is -2.11. The van der Waals surface area contributed by atoms with Crippen LogP contribution in [0.4, 0.5) is 0 Å². The van der Waals surface area contributed by atoms with Crippen molar-refractivity contribution in [3.63, 3.8) is 0 Å². The molecule has 0 aliphatic heterocycles. The Balaban J connectivity index is 1.28. The fraction of sp³-hybridized carbons (Fsp3) is 0. The molecule has 2 heterocycles. The van der Waals surface area contributed by atoms with Crippen LogP contribution in [0.25, 0.3) is 95.0 Å². The van der Waals surface area contributed by atoms with Crippen molar-refractivity contribution >= 4 is 21.8 Å². The Kier molecular flexibility index (Phi) is 3.17. The van der Waals surface area contributed by atoms with Crippen molar-refractivity contribution in [1.29, 1.82) is 0 Å². The zero-order chi connectivity index (χ0) is 66.1. The first-order valence-corrected chi connectivity index (χ1v) is 15.8. The fourth-order valence-corrected chi connectivity index (χ4v) is 5.33. The van der Waals surface area contributed by atoms with Crippen LogP contribution in [0.5, 0.6) is 0 Å². The monoisotopic (exact) mass is 736 g/mol. The highest BCUT2D eigenvalue weighted by Gasteiger charge is 2.16. The Bertz CT molecular complexity index is 4790. The molecule has 0 saturated heterocycles. The molecule has 0 fully saturated rings. The van der Waals surface area contributed by atoms with Gasteiger partial charge in [-0.15, -0.1) is 0 Å². The van der Waals surface area contributed by atoms with Gasteiger partial charge in [-0.3, -0.25) is 0 Å². The maximum Gasteiger partial charge on any atom is 0.164 e. The second kappa shape index (κ2) is 13.8. The highest BCUT2D eigenvalue weighted by atomic mass is 15.0. The van der Waals surface area contributed by atoms with E-state index < -0.39 is 300 Å². The molecule has 0 radical (unpaired) electrons. The summed E-state index contributed by atoms with van der Waals surface area (Å²) in [5.74, 6) is -2.93. The van der Waals surface area contributed by atoms with Crippen LogP contribution in [0.3, 0.4) is 0 Å². The van der Waals surface area contributed by atoms with Gasteiger partial charge < -0.3 is 4.57 Å². The molecule has 258 valence electrons. The molecule has 10 rings (SSSR count). The number of para-hydroxylation sites is 1. The van der Waals surface area contributed by atoms with E-state index >= 15 is 0 Å². The van der Waals surface area contributed by atoms with Gasteiger partial charge in [-0.2, -0.15) is 0 Å². The quantitative estimate of drug-likeness (QED) is 0.164. The van der Waals surface area contributed by atoms with Crippen LogP contribution in [-0.4, -0.2) is 19.5 Å². The number of rotatable bonds is 7.